The van der Waals surface area contributed by atoms with Gasteiger partial charge in [-0.25, -0.2) is 0 Å². The molecule has 0 heterocycles. The van der Waals surface area contributed by atoms with Crippen molar-refractivity contribution >= 4 is 12.9 Å². The fourth-order valence-electron chi connectivity index (χ4n) is 0.0264. The Morgan fingerprint density at radius 3 is 1.78 bits per heavy atom. The minimum absolute atomic E-state index is 0. The van der Waals surface area contributed by atoms with E-state index in [-0.39, 0.29) is 17.1 Å². The molecule has 2 N–H and O–H groups in total. The molecule has 0 aliphatic rings. The van der Waals surface area contributed by atoms with Gasteiger partial charge in [-0.15, -0.1) is 0 Å². The maximum Gasteiger partial charge on any atom is 2.00 e. The van der Waals surface area contributed by atoms with Gasteiger partial charge in [0.2, 0.25) is 0 Å². The molecule has 0 aliphatic heterocycles. The summed E-state index contributed by atoms with van der Waals surface area (Å²) in [6, 6.07) is 0. The van der Waals surface area contributed by atoms with Crippen LogP contribution in [-0.4, -0.2) is 30.0 Å². The Morgan fingerprint density at radius 1 is 1.44 bits per heavy atom. The molecule has 57 valence electrons. The third-order valence-corrected chi connectivity index (χ3v) is 0.123. The predicted octanol–water partition coefficient (Wildman–Crippen LogP) is -1.37. The molecule has 0 aliphatic carbocycles. The van der Waals surface area contributed by atoms with Gasteiger partial charge in [0.25, 0.3) is 0 Å². The molecule has 0 unspecified atom stereocenters. The van der Waals surface area contributed by atoms with E-state index < -0.39 is 6.79 Å². The second-order valence-electron chi connectivity index (χ2n) is 0.448. The van der Waals surface area contributed by atoms with E-state index in [2.05, 4.69) is 4.74 Å². The normalized spacial score (nSPS) is 5.00. The minimum atomic E-state index is -0.580. The SMILES string of the molecule is O=[C-]O.O=[C-]OCO.[Cu+2]. The van der Waals surface area contributed by atoms with Crippen molar-refractivity contribution in [3.05, 3.63) is 0 Å². The molecule has 0 saturated carbocycles. The Balaban J connectivity index is -0.0000000800. The predicted molar refractivity (Wildman–Crippen MR) is 22.2 cm³/mol. The third-order valence-electron chi connectivity index (χ3n) is 0.123. The van der Waals surface area contributed by atoms with Crippen LogP contribution in [0.4, 0.5) is 0 Å². The fraction of sp³-hybridized carbons (Fsp3) is 0.333. The summed E-state index contributed by atoms with van der Waals surface area (Å²) < 4.78 is 3.58. The number of carbonyl (C=O) groups excluding carboxylic acids is 1. The smallest absolute Gasteiger partial charge is 0.665 e. The first-order valence-electron chi connectivity index (χ1n) is 1.44. The largest absolute Gasteiger partial charge is 2.00 e. The molecule has 0 bridgehead atoms. The zero-order valence-corrected chi connectivity index (χ0v) is 5.07. The van der Waals surface area contributed by atoms with Crippen LogP contribution in [0.15, 0.2) is 0 Å². The van der Waals surface area contributed by atoms with Crippen LogP contribution in [-0.2, 0) is 31.4 Å². The second-order valence-corrected chi connectivity index (χ2v) is 0.448. The summed E-state index contributed by atoms with van der Waals surface area (Å²) in [7, 11) is 0. The molecule has 0 aromatic heterocycles. The Hall–Kier alpha value is -0.581. The van der Waals surface area contributed by atoms with Crippen LogP contribution in [0.5, 0.6) is 0 Å². The molecule has 0 amide bonds. The van der Waals surface area contributed by atoms with Crippen molar-refractivity contribution in [1.29, 1.82) is 0 Å². The molecule has 0 rings (SSSR count). The summed E-state index contributed by atoms with van der Waals surface area (Å²) in [5, 5.41) is 14.3. The quantitative estimate of drug-likeness (QED) is 0.314. The van der Waals surface area contributed by atoms with Crippen LogP contribution in [0.3, 0.4) is 0 Å². The van der Waals surface area contributed by atoms with Crippen LogP contribution in [0.25, 0.3) is 0 Å². The molecule has 0 aromatic carbocycles. The van der Waals surface area contributed by atoms with Crippen molar-refractivity contribution in [2.45, 2.75) is 0 Å². The summed E-state index contributed by atoms with van der Waals surface area (Å²) in [5.74, 6) is 0. The van der Waals surface area contributed by atoms with Crippen molar-refractivity contribution in [2.24, 2.45) is 0 Å². The molecular formula is C3H4CuO5. The monoisotopic (exact) mass is 183 g/mol. The topological polar surface area (TPSA) is 83.8 Å². The first-order valence-corrected chi connectivity index (χ1v) is 1.44. The molecule has 5 nitrogen and oxygen atoms in total. The van der Waals surface area contributed by atoms with E-state index in [0.29, 0.717) is 6.47 Å². The van der Waals surface area contributed by atoms with Gasteiger partial charge in [0.05, 0.1) is 0 Å². The van der Waals surface area contributed by atoms with Crippen LogP contribution in [0.1, 0.15) is 0 Å². The second kappa shape index (κ2) is 26.1. The summed E-state index contributed by atoms with van der Waals surface area (Å²) in [6.07, 6.45) is 0. The third kappa shape index (κ3) is 108. The minimum Gasteiger partial charge on any atom is -0.665 e. The zero-order valence-electron chi connectivity index (χ0n) is 4.13. The Bertz CT molecular complexity index is 56.2. The number of rotatable bonds is 2. The van der Waals surface area contributed by atoms with E-state index in [1.807, 2.05) is 0 Å². The van der Waals surface area contributed by atoms with Crippen LogP contribution >= 0.6 is 0 Å². The summed E-state index contributed by atoms with van der Waals surface area (Å²) in [4.78, 5) is 17.1. The van der Waals surface area contributed by atoms with Crippen LogP contribution in [0, 0.1) is 0 Å². The molecular weight excluding hydrogens is 180 g/mol. The molecule has 6 heteroatoms. The molecule has 0 fully saturated rings. The Kier molecular flexibility index (Phi) is 45.8. The van der Waals surface area contributed by atoms with E-state index in [9.17, 15) is 0 Å². The number of aliphatic hydroxyl groups excluding tert-OH is 2. The van der Waals surface area contributed by atoms with Gasteiger partial charge in [-0.05, 0) is 0 Å². The fourth-order valence-corrected chi connectivity index (χ4v) is 0.0264. The summed E-state index contributed by atoms with van der Waals surface area (Å²) in [5.41, 5.74) is 0. The molecule has 0 atom stereocenters. The van der Waals surface area contributed by atoms with E-state index in [0.717, 1.165) is 6.47 Å². The van der Waals surface area contributed by atoms with Gasteiger partial charge in [-0.3, -0.25) is 0 Å². The van der Waals surface area contributed by atoms with Gasteiger partial charge in [-0.2, -0.15) is 0 Å². The molecule has 0 saturated heterocycles. The first kappa shape index (κ1) is 15.8. The number of hydrogen-bond acceptors (Lipinski definition) is 4. The van der Waals surface area contributed by atoms with Crippen LogP contribution in [0.2, 0.25) is 0 Å². The number of aliphatic hydroxyl groups is 1. The number of hydrogen-bond donors (Lipinski definition) is 2. The Morgan fingerprint density at radius 2 is 1.78 bits per heavy atom. The van der Waals surface area contributed by atoms with Crippen molar-refractivity contribution in [3.8, 4) is 0 Å². The zero-order chi connectivity index (χ0) is 6.83. The maximum absolute atomic E-state index is 8.90. The average Bonchev–Trinajstić information content (AvgIpc) is 1.71. The molecule has 1 radical (unpaired) electrons. The van der Waals surface area contributed by atoms with E-state index in [4.69, 9.17) is 19.8 Å². The van der Waals surface area contributed by atoms with Gasteiger partial charge in [0.1, 0.15) is 0 Å². The van der Waals surface area contributed by atoms with Gasteiger partial charge < -0.3 is 24.5 Å². The molecule has 0 aromatic rings. The summed E-state index contributed by atoms with van der Waals surface area (Å²) >= 11 is 0. The van der Waals surface area contributed by atoms with Gasteiger partial charge in [0, 0.05) is 0 Å². The standard InChI is InChI=1S/C2H3O3.CHO2.Cu/c3-1-5-2-4;2-1-3;/h3H,1H2;(H,2,3);/q2*-1;+2. The summed E-state index contributed by atoms with van der Waals surface area (Å²) in [6.45, 7) is 0.938. The van der Waals surface area contributed by atoms with Crippen molar-refractivity contribution in [1.82, 2.24) is 0 Å². The first-order chi connectivity index (χ1) is 3.83. The molecule has 0 spiro atoms. The number of ether oxygens (including phenoxy) is 1. The van der Waals surface area contributed by atoms with Gasteiger partial charge in [0.15, 0.2) is 6.79 Å². The van der Waals surface area contributed by atoms with Crippen molar-refractivity contribution < 1.29 is 41.6 Å². The van der Waals surface area contributed by atoms with E-state index in [1.54, 1.807) is 0 Å². The average molecular weight is 184 g/mol. The van der Waals surface area contributed by atoms with Crippen molar-refractivity contribution in [3.63, 3.8) is 0 Å². The van der Waals surface area contributed by atoms with Crippen LogP contribution < -0.4 is 0 Å². The molecule has 9 heavy (non-hydrogen) atoms. The van der Waals surface area contributed by atoms with E-state index >= 15 is 0 Å². The van der Waals surface area contributed by atoms with Gasteiger partial charge >= 0.3 is 17.1 Å². The van der Waals surface area contributed by atoms with E-state index in [1.165, 1.54) is 0 Å². The Labute approximate surface area is 62.1 Å². The van der Waals surface area contributed by atoms with Crippen molar-refractivity contribution in [2.75, 3.05) is 6.79 Å². The maximum atomic E-state index is 8.90. The van der Waals surface area contributed by atoms with Gasteiger partial charge in [-0.1, -0.05) is 12.9 Å².